The quantitative estimate of drug-likeness (QED) is 0.340. The molecule has 0 aliphatic rings. The number of hydrogen-bond donors (Lipinski definition) is 0. The zero-order chi connectivity index (χ0) is 24.3. The Kier molecular flexibility index (Phi) is 5.14. The molecule has 0 aliphatic carbocycles. The van der Waals surface area contributed by atoms with Crippen LogP contribution in [0.15, 0.2) is 53.3 Å². The number of benzene rings is 2. The third-order valence-electron chi connectivity index (χ3n) is 5.54. The smallest absolute Gasteiger partial charge is 0.328 e. The summed E-state index contributed by atoms with van der Waals surface area (Å²) in [5.41, 5.74) is 0.559. The largest absolute Gasteiger partial charge is 0.416 e. The molecule has 4 nitrogen and oxygen atoms in total. The third kappa shape index (κ3) is 3.79. The molecule has 0 saturated heterocycles. The molecular weight excluding hydrogens is 448 g/mol. The van der Waals surface area contributed by atoms with Crippen LogP contribution in [0.5, 0.6) is 0 Å². The van der Waals surface area contributed by atoms with Crippen LogP contribution in [0.4, 0.5) is 26.3 Å². The lowest BCUT2D eigenvalue weighted by atomic mass is 10.0. The van der Waals surface area contributed by atoms with Crippen LogP contribution in [0, 0.1) is 13.8 Å². The highest BCUT2D eigenvalue weighted by molar-refractivity contribution is 5.82. The van der Waals surface area contributed by atoms with E-state index in [0.717, 1.165) is 28.8 Å². The second kappa shape index (κ2) is 7.50. The van der Waals surface area contributed by atoms with E-state index in [1.54, 1.807) is 25.5 Å². The van der Waals surface area contributed by atoms with E-state index in [2.05, 4.69) is 5.10 Å². The van der Waals surface area contributed by atoms with Gasteiger partial charge in [-0.15, -0.1) is 0 Å². The molecule has 0 radical (unpaired) electrons. The highest BCUT2D eigenvalue weighted by atomic mass is 19.4. The number of halogens is 6. The van der Waals surface area contributed by atoms with Crippen LogP contribution in [0.25, 0.3) is 28.0 Å². The van der Waals surface area contributed by atoms with Crippen LogP contribution < -0.4 is 5.56 Å². The van der Waals surface area contributed by atoms with Gasteiger partial charge in [-0.05, 0) is 49.2 Å². The summed E-state index contributed by atoms with van der Waals surface area (Å²) < 4.78 is 80.6. The van der Waals surface area contributed by atoms with Gasteiger partial charge in [0.15, 0.2) is 0 Å². The molecular formula is C23H17F6N3O. The fraction of sp³-hybridized carbons (Fsp3) is 0.217. The molecule has 0 saturated carbocycles. The summed E-state index contributed by atoms with van der Waals surface area (Å²) in [5, 5.41) is 4.28. The molecule has 4 aromatic rings. The first kappa shape index (κ1) is 22.6. The van der Waals surface area contributed by atoms with Crippen molar-refractivity contribution in [1.29, 1.82) is 0 Å². The molecule has 0 spiro atoms. The standard InChI is InChI=1S/C23H17F6N3O/c1-12-19(15-6-10-17(11-7-15)23(27,28)29)31(3)20-18(13(2)30-32(20)21(12)33)14-4-8-16(9-5-14)22(24,25)26/h4-11H,1-3H3. The molecule has 2 heterocycles. The van der Waals surface area contributed by atoms with Crippen LogP contribution in [0.3, 0.4) is 0 Å². The summed E-state index contributed by atoms with van der Waals surface area (Å²) in [6, 6.07) is 8.92. The van der Waals surface area contributed by atoms with Crippen molar-refractivity contribution in [3.63, 3.8) is 0 Å². The Hall–Kier alpha value is -3.56. The number of hydrogen-bond acceptors (Lipinski definition) is 2. The molecule has 172 valence electrons. The third-order valence-corrected chi connectivity index (χ3v) is 5.54. The van der Waals surface area contributed by atoms with Crippen molar-refractivity contribution in [3.05, 3.63) is 81.3 Å². The highest BCUT2D eigenvalue weighted by Crippen LogP contribution is 2.35. The van der Waals surface area contributed by atoms with Crippen LogP contribution in [-0.4, -0.2) is 14.2 Å². The fourth-order valence-electron chi connectivity index (χ4n) is 3.98. The van der Waals surface area contributed by atoms with Gasteiger partial charge in [0.1, 0.15) is 5.65 Å². The van der Waals surface area contributed by atoms with Crippen molar-refractivity contribution < 1.29 is 26.3 Å². The number of aryl methyl sites for hydroxylation is 2. The predicted molar refractivity (Wildman–Crippen MR) is 111 cm³/mol. The van der Waals surface area contributed by atoms with Gasteiger partial charge in [0.2, 0.25) is 0 Å². The van der Waals surface area contributed by atoms with Crippen molar-refractivity contribution in [1.82, 2.24) is 14.2 Å². The van der Waals surface area contributed by atoms with Crippen LogP contribution >= 0.6 is 0 Å². The van der Waals surface area contributed by atoms with E-state index in [4.69, 9.17) is 0 Å². The van der Waals surface area contributed by atoms with Gasteiger partial charge in [-0.1, -0.05) is 24.3 Å². The first-order valence-electron chi connectivity index (χ1n) is 9.75. The van der Waals surface area contributed by atoms with Gasteiger partial charge in [-0.25, -0.2) is 0 Å². The minimum Gasteiger partial charge on any atom is -0.328 e. The van der Waals surface area contributed by atoms with Gasteiger partial charge in [-0.2, -0.15) is 36.0 Å². The van der Waals surface area contributed by atoms with E-state index in [1.165, 1.54) is 24.3 Å². The summed E-state index contributed by atoms with van der Waals surface area (Å²) in [5.74, 6) is 0. The molecule has 0 unspecified atom stereocenters. The van der Waals surface area contributed by atoms with E-state index in [9.17, 15) is 31.1 Å². The Balaban J connectivity index is 1.96. The molecule has 33 heavy (non-hydrogen) atoms. The summed E-state index contributed by atoms with van der Waals surface area (Å²) in [4.78, 5) is 13.0. The summed E-state index contributed by atoms with van der Waals surface area (Å²) in [6.07, 6.45) is -8.99. The van der Waals surface area contributed by atoms with Crippen molar-refractivity contribution >= 4 is 5.65 Å². The Morgan fingerprint density at radius 2 is 1.21 bits per heavy atom. The Bertz CT molecular complexity index is 1410. The van der Waals surface area contributed by atoms with Gasteiger partial charge in [0, 0.05) is 18.2 Å². The maximum Gasteiger partial charge on any atom is 0.416 e. The lowest BCUT2D eigenvalue weighted by Crippen LogP contribution is -2.22. The van der Waals surface area contributed by atoms with Gasteiger partial charge >= 0.3 is 12.4 Å². The molecule has 0 bridgehead atoms. The van der Waals surface area contributed by atoms with Gasteiger partial charge in [-0.3, -0.25) is 4.79 Å². The molecule has 0 N–H and O–H groups in total. The lowest BCUT2D eigenvalue weighted by Gasteiger charge is -2.16. The van der Waals surface area contributed by atoms with E-state index in [0.29, 0.717) is 33.7 Å². The minimum atomic E-state index is -4.50. The molecule has 0 fully saturated rings. The highest BCUT2D eigenvalue weighted by Gasteiger charge is 2.31. The van der Waals surface area contributed by atoms with E-state index in [-0.39, 0.29) is 5.56 Å². The molecule has 0 atom stereocenters. The zero-order valence-corrected chi connectivity index (χ0v) is 17.6. The predicted octanol–water partition coefficient (Wildman–Crippen LogP) is 6.02. The van der Waals surface area contributed by atoms with Crippen molar-refractivity contribution in [3.8, 4) is 22.4 Å². The number of alkyl halides is 6. The van der Waals surface area contributed by atoms with Gasteiger partial charge in [0.25, 0.3) is 5.56 Å². The molecule has 0 amide bonds. The SMILES string of the molecule is Cc1nn2c(=O)c(C)c(-c3ccc(C(F)(F)F)cc3)n(C)c2c1-c1ccc(C(F)(F)F)cc1. The summed E-state index contributed by atoms with van der Waals surface area (Å²) >= 11 is 0. The minimum absolute atomic E-state index is 0.270. The molecule has 0 aliphatic heterocycles. The van der Waals surface area contributed by atoms with Crippen LogP contribution in [0.2, 0.25) is 0 Å². The van der Waals surface area contributed by atoms with Crippen molar-refractivity contribution in [2.75, 3.05) is 0 Å². The van der Waals surface area contributed by atoms with E-state index >= 15 is 0 Å². The zero-order valence-electron chi connectivity index (χ0n) is 17.6. The van der Waals surface area contributed by atoms with Crippen molar-refractivity contribution in [2.24, 2.45) is 7.05 Å². The van der Waals surface area contributed by atoms with Crippen molar-refractivity contribution in [2.45, 2.75) is 26.2 Å². The number of aromatic nitrogens is 3. The first-order chi connectivity index (χ1) is 15.3. The maximum atomic E-state index is 13.0. The average Bonchev–Trinajstić information content (AvgIpc) is 3.09. The number of rotatable bonds is 2. The lowest BCUT2D eigenvalue weighted by molar-refractivity contribution is -0.138. The molecule has 10 heteroatoms. The van der Waals surface area contributed by atoms with Gasteiger partial charge in [0.05, 0.1) is 22.5 Å². The molecule has 2 aromatic carbocycles. The average molecular weight is 465 g/mol. The fourth-order valence-corrected chi connectivity index (χ4v) is 3.98. The normalized spacial score (nSPS) is 12.5. The summed E-state index contributed by atoms with van der Waals surface area (Å²) in [6.45, 7) is 3.18. The molecule has 4 rings (SSSR count). The van der Waals surface area contributed by atoms with Crippen LogP contribution in [-0.2, 0) is 19.4 Å². The number of nitrogens with zero attached hydrogens (tertiary/aromatic N) is 3. The van der Waals surface area contributed by atoms with E-state index < -0.39 is 29.0 Å². The molecule has 2 aromatic heterocycles. The second-order valence-corrected chi connectivity index (χ2v) is 7.68. The Morgan fingerprint density at radius 1 is 0.758 bits per heavy atom. The monoisotopic (exact) mass is 465 g/mol. The first-order valence-corrected chi connectivity index (χ1v) is 9.75. The Labute approximate surface area is 183 Å². The number of fused-ring (bicyclic) bond motifs is 1. The Morgan fingerprint density at radius 3 is 1.67 bits per heavy atom. The summed E-state index contributed by atoms with van der Waals surface area (Å²) in [7, 11) is 1.63. The van der Waals surface area contributed by atoms with Gasteiger partial charge < -0.3 is 4.57 Å². The van der Waals surface area contributed by atoms with E-state index in [1.807, 2.05) is 0 Å². The second-order valence-electron chi connectivity index (χ2n) is 7.68. The van der Waals surface area contributed by atoms with Crippen LogP contribution in [0.1, 0.15) is 22.4 Å². The topological polar surface area (TPSA) is 39.3 Å². The maximum absolute atomic E-state index is 13.0.